The van der Waals surface area contributed by atoms with Gasteiger partial charge in [0.1, 0.15) is 0 Å². The van der Waals surface area contributed by atoms with Crippen molar-refractivity contribution in [1.29, 1.82) is 0 Å². The zero-order valence-corrected chi connectivity index (χ0v) is 16.5. The van der Waals surface area contributed by atoms with Gasteiger partial charge in [0.15, 0.2) is 0 Å². The molecule has 8 fully saturated rings. The minimum absolute atomic E-state index is 0.711. The number of rotatable bonds is 0. The highest BCUT2D eigenvalue weighted by atomic mass is 127. The molecule has 20 heavy (non-hydrogen) atoms. The first kappa shape index (κ1) is 12.8. The third-order valence-corrected chi connectivity index (χ3v) is 12.8. The van der Waals surface area contributed by atoms with Crippen LogP contribution < -0.4 is 0 Å². The molecule has 2 spiro atoms. The minimum atomic E-state index is 0.711. The Balaban J connectivity index is 1.64. The lowest BCUT2D eigenvalue weighted by Crippen LogP contribution is -2.78. The Kier molecular flexibility index (Phi) is 2.21. The molecule has 8 aliphatic carbocycles. The lowest BCUT2D eigenvalue weighted by atomic mass is 9.27. The van der Waals surface area contributed by atoms with Crippen molar-refractivity contribution < 1.29 is 0 Å². The quantitative estimate of drug-likeness (QED) is 0.297. The van der Waals surface area contributed by atoms with E-state index in [9.17, 15) is 0 Å². The molecule has 8 rings (SSSR count). The van der Waals surface area contributed by atoms with Gasteiger partial charge in [0.05, 0.1) is 0 Å². The van der Waals surface area contributed by atoms with E-state index in [2.05, 4.69) is 45.2 Å². The fourth-order valence-corrected chi connectivity index (χ4v) is 13.6. The molecule has 0 amide bonds. The van der Waals surface area contributed by atoms with E-state index in [1.54, 1.807) is 64.2 Å². The fourth-order valence-electron chi connectivity index (χ4n) is 9.19. The van der Waals surface area contributed by atoms with Crippen LogP contribution in [0.25, 0.3) is 0 Å². The van der Waals surface area contributed by atoms with Gasteiger partial charge in [0.25, 0.3) is 0 Å². The summed E-state index contributed by atoms with van der Waals surface area (Å²) in [4.78, 5) is 0. The second kappa shape index (κ2) is 3.44. The van der Waals surface area contributed by atoms with E-state index in [1.165, 1.54) is 0 Å². The first-order chi connectivity index (χ1) is 9.48. The highest BCUT2D eigenvalue weighted by Crippen LogP contribution is 2.86. The molecule has 8 atom stereocenters. The Morgan fingerprint density at radius 1 is 0.500 bits per heavy atom. The molecule has 8 aliphatic rings. The van der Waals surface area contributed by atoms with E-state index in [0.717, 1.165) is 34.5 Å². The van der Waals surface area contributed by atoms with E-state index in [-0.39, 0.29) is 0 Å². The van der Waals surface area contributed by atoms with Crippen LogP contribution in [0.2, 0.25) is 0 Å². The van der Waals surface area contributed by atoms with Gasteiger partial charge in [0.2, 0.25) is 0 Å². The second-order valence-corrected chi connectivity index (χ2v) is 13.8. The van der Waals surface area contributed by atoms with Crippen molar-refractivity contribution >= 4 is 45.2 Å². The van der Waals surface area contributed by atoms with Crippen LogP contribution in [0.15, 0.2) is 0 Å². The van der Waals surface area contributed by atoms with Crippen LogP contribution in [-0.2, 0) is 0 Å². The molecule has 0 radical (unpaired) electrons. The molecule has 0 aromatic carbocycles. The van der Waals surface area contributed by atoms with Gasteiger partial charge < -0.3 is 0 Å². The molecule has 8 saturated carbocycles. The summed E-state index contributed by atoms with van der Waals surface area (Å²) < 4.78 is 1.42. The number of hydrogen-bond acceptors (Lipinski definition) is 0. The van der Waals surface area contributed by atoms with Crippen molar-refractivity contribution in [3.63, 3.8) is 0 Å². The predicted molar refractivity (Wildman–Crippen MR) is 98.5 cm³/mol. The minimum Gasteiger partial charge on any atom is -0.0782 e. The van der Waals surface area contributed by atoms with Gasteiger partial charge in [-0.25, -0.2) is 0 Å². The Hall–Kier alpha value is 1.46. The van der Waals surface area contributed by atoms with Crippen molar-refractivity contribution in [3.8, 4) is 0 Å². The lowest BCUT2D eigenvalue weighted by molar-refractivity contribution is -0.251. The molecule has 0 heterocycles. The molecule has 0 nitrogen and oxygen atoms in total. The van der Waals surface area contributed by atoms with Gasteiger partial charge in [0, 0.05) is 6.84 Å². The number of alkyl halides is 2. The standard InChI is InChI=1S/C18H24I2/c19-17-7-11-1-12(8-17)4-15(3-11)16(17)5-13-2-14(6-16)10-18(15,20)9-13/h11-14H,1-10H2/t11-,12+,13-,14+,15?,16?,17?,18?. The van der Waals surface area contributed by atoms with E-state index < -0.39 is 0 Å². The van der Waals surface area contributed by atoms with Gasteiger partial charge in [-0.15, -0.1) is 0 Å². The Morgan fingerprint density at radius 3 is 1.10 bits per heavy atom. The average Bonchev–Trinajstić information content (AvgIpc) is 2.31. The summed E-state index contributed by atoms with van der Waals surface area (Å²) in [6, 6.07) is 0. The Morgan fingerprint density at radius 2 is 0.800 bits per heavy atom. The van der Waals surface area contributed by atoms with Crippen LogP contribution in [0.4, 0.5) is 0 Å². The normalized spacial score (nSPS) is 72.3. The first-order valence-electron chi connectivity index (χ1n) is 8.86. The molecule has 0 aromatic heterocycles. The van der Waals surface area contributed by atoms with Crippen molar-refractivity contribution in [2.45, 2.75) is 71.1 Å². The van der Waals surface area contributed by atoms with Crippen molar-refractivity contribution in [1.82, 2.24) is 0 Å². The molecule has 4 unspecified atom stereocenters. The van der Waals surface area contributed by atoms with Crippen molar-refractivity contribution in [2.24, 2.45) is 34.5 Å². The predicted octanol–water partition coefficient (Wildman–Crippen LogP) is 5.75. The first-order valence-corrected chi connectivity index (χ1v) is 11.0. The van der Waals surface area contributed by atoms with E-state index in [0.29, 0.717) is 6.84 Å². The summed E-state index contributed by atoms with van der Waals surface area (Å²) in [6.45, 7) is 0. The summed E-state index contributed by atoms with van der Waals surface area (Å²) in [5, 5.41) is 0. The maximum Gasteiger partial charge on any atom is 0.0289 e. The van der Waals surface area contributed by atoms with Crippen LogP contribution in [0.1, 0.15) is 64.2 Å². The molecule has 2 heteroatoms. The second-order valence-electron chi connectivity index (χ2n) is 9.66. The SMILES string of the molecule is IC12C[C@H]3C[C@@H](C1)CC1(C3)C3(I)C[C@H]4C[C@@H](C3)CC21C4. The summed E-state index contributed by atoms with van der Waals surface area (Å²) in [6.07, 6.45) is 16.1. The average molecular weight is 494 g/mol. The van der Waals surface area contributed by atoms with Crippen molar-refractivity contribution in [2.75, 3.05) is 0 Å². The molecule has 8 bridgehead atoms. The largest absolute Gasteiger partial charge is 0.0782 e. The highest BCUT2D eigenvalue weighted by Gasteiger charge is 2.80. The van der Waals surface area contributed by atoms with Gasteiger partial charge in [-0.05, 0) is 98.7 Å². The van der Waals surface area contributed by atoms with Crippen molar-refractivity contribution in [3.05, 3.63) is 0 Å². The van der Waals surface area contributed by atoms with Crippen LogP contribution in [0.3, 0.4) is 0 Å². The van der Waals surface area contributed by atoms with Gasteiger partial charge in [-0.1, -0.05) is 45.2 Å². The molecule has 0 aliphatic heterocycles. The van der Waals surface area contributed by atoms with Crippen LogP contribution in [-0.4, -0.2) is 6.84 Å². The van der Waals surface area contributed by atoms with Crippen LogP contribution in [0, 0.1) is 34.5 Å². The molecular weight excluding hydrogens is 470 g/mol. The van der Waals surface area contributed by atoms with E-state index in [1.807, 2.05) is 0 Å². The monoisotopic (exact) mass is 494 g/mol. The lowest BCUT2D eigenvalue weighted by Gasteiger charge is -2.82. The third kappa shape index (κ3) is 1.13. The summed E-state index contributed by atoms with van der Waals surface area (Å²) in [5.74, 6) is 4.42. The molecule has 0 aromatic rings. The fraction of sp³-hybridized carbons (Fsp3) is 1.00. The Labute approximate surface area is 149 Å². The van der Waals surface area contributed by atoms with Gasteiger partial charge in [-0.3, -0.25) is 0 Å². The van der Waals surface area contributed by atoms with Crippen LogP contribution in [0.5, 0.6) is 0 Å². The summed E-state index contributed by atoms with van der Waals surface area (Å²) in [5.41, 5.74) is 1.55. The Bertz CT molecular complexity index is 436. The van der Waals surface area contributed by atoms with E-state index in [4.69, 9.17) is 0 Å². The maximum absolute atomic E-state index is 3.03. The van der Waals surface area contributed by atoms with Crippen LogP contribution >= 0.6 is 45.2 Å². The zero-order valence-electron chi connectivity index (χ0n) is 12.1. The smallest absolute Gasteiger partial charge is 0.0289 e. The van der Waals surface area contributed by atoms with E-state index >= 15 is 0 Å². The number of hydrogen-bond donors (Lipinski definition) is 0. The molecule has 0 saturated heterocycles. The highest BCUT2D eigenvalue weighted by molar-refractivity contribution is 14.1. The molecule has 0 N–H and O–H groups in total. The zero-order chi connectivity index (χ0) is 13.4. The summed E-state index contributed by atoms with van der Waals surface area (Å²) >= 11 is 6.05. The van der Waals surface area contributed by atoms with Gasteiger partial charge in [-0.2, -0.15) is 0 Å². The maximum atomic E-state index is 3.03. The number of halogens is 2. The third-order valence-electron chi connectivity index (χ3n) is 8.96. The summed E-state index contributed by atoms with van der Waals surface area (Å²) in [7, 11) is 0. The topological polar surface area (TPSA) is 0 Å². The van der Waals surface area contributed by atoms with Gasteiger partial charge >= 0.3 is 0 Å². The molecule has 110 valence electrons. The molecular formula is C18H24I2.